The topological polar surface area (TPSA) is 63.5 Å². The van der Waals surface area contributed by atoms with E-state index in [0.29, 0.717) is 17.6 Å². The summed E-state index contributed by atoms with van der Waals surface area (Å²) in [5, 5.41) is 11.6. The van der Waals surface area contributed by atoms with Crippen LogP contribution in [0.25, 0.3) is 5.69 Å². The van der Waals surface area contributed by atoms with E-state index in [1.165, 1.54) is 31.4 Å². The van der Waals surface area contributed by atoms with Crippen molar-refractivity contribution in [2.45, 2.75) is 51.2 Å². The van der Waals surface area contributed by atoms with Gasteiger partial charge in [0.1, 0.15) is 5.82 Å². The van der Waals surface area contributed by atoms with E-state index in [1.54, 1.807) is 16.8 Å². The van der Waals surface area contributed by atoms with Gasteiger partial charge < -0.3 is 15.4 Å². The molecular weight excluding hydrogens is 496 g/mol. The maximum atomic E-state index is 13.1. The van der Waals surface area contributed by atoms with E-state index in [4.69, 9.17) is 4.74 Å². The number of aliphatic imine (C=N–C) groups is 1. The molecule has 0 amide bonds. The van der Waals surface area contributed by atoms with Gasteiger partial charge in [-0.3, -0.25) is 4.99 Å². The van der Waals surface area contributed by atoms with Gasteiger partial charge in [0.2, 0.25) is 0 Å². The number of hydrogen-bond acceptors (Lipinski definition) is 3. The Morgan fingerprint density at radius 3 is 2.70 bits per heavy atom. The highest BCUT2D eigenvalue weighted by Crippen LogP contribution is 2.57. The molecule has 0 saturated heterocycles. The Bertz CT molecular complexity index is 849. The molecule has 1 aromatic heterocycles. The van der Waals surface area contributed by atoms with Crippen molar-refractivity contribution in [1.29, 1.82) is 0 Å². The van der Waals surface area contributed by atoms with Crippen LogP contribution in [-0.4, -0.2) is 48.1 Å². The van der Waals surface area contributed by atoms with E-state index >= 15 is 0 Å². The molecule has 0 aliphatic heterocycles. The fourth-order valence-electron chi connectivity index (χ4n) is 4.54. The van der Waals surface area contributed by atoms with Gasteiger partial charge in [-0.25, -0.2) is 9.07 Å². The quantitative estimate of drug-likeness (QED) is 0.328. The molecule has 2 unspecified atom stereocenters. The van der Waals surface area contributed by atoms with Crippen molar-refractivity contribution in [2.24, 2.45) is 10.4 Å². The SMILES string of the molecule is CCOC1CC(NC(=NC)NCCc2ccn(-c3ccc(F)cc3)n2)C12CCC2.I. The number of nitrogens with one attached hydrogen (secondary N) is 2. The maximum Gasteiger partial charge on any atom is 0.191 e. The zero-order chi connectivity index (χ0) is 20.3. The van der Waals surface area contributed by atoms with Gasteiger partial charge in [0, 0.05) is 44.3 Å². The lowest BCUT2D eigenvalue weighted by Crippen LogP contribution is -2.68. The molecule has 2 fully saturated rings. The molecule has 1 spiro atoms. The molecule has 2 N–H and O–H groups in total. The van der Waals surface area contributed by atoms with Crippen LogP contribution in [0.2, 0.25) is 0 Å². The highest BCUT2D eigenvalue weighted by molar-refractivity contribution is 14.0. The molecule has 30 heavy (non-hydrogen) atoms. The summed E-state index contributed by atoms with van der Waals surface area (Å²) >= 11 is 0. The number of benzene rings is 1. The zero-order valence-corrected chi connectivity index (χ0v) is 19.9. The molecule has 2 aliphatic carbocycles. The second kappa shape index (κ2) is 10.1. The minimum atomic E-state index is -0.244. The molecule has 0 bridgehead atoms. The molecule has 2 saturated carbocycles. The first kappa shape index (κ1) is 23.0. The number of hydrogen-bond donors (Lipinski definition) is 2. The summed E-state index contributed by atoms with van der Waals surface area (Å²) in [5.41, 5.74) is 2.14. The number of nitrogens with zero attached hydrogens (tertiary/aromatic N) is 3. The Morgan fingerprint density at radius 2 is 2.07 bits per heavy atom. The van der Waals surface area contributed by atoms with Gasteiger partial charge in [0.05, 0.1) is 17.5 Å². The van der Waals surface area contributed by atoms with Crippen LogP contribution < -0.4 is 10.6 Å². The predicted molar refractivity (Wildman–Crippen MR) is 127 cm³/mol. The van der Waals surface area contributed by atoms with Gasteiger partial charge in [-0.2, -0.15) is 5.10 Å². The molecule has 6 nitrogen and oxygen atoms in total. The molecule has 164 valence electrons. The first-order valence-corrected chi connectivity index (χ1v) is 10.5. The van der Waals surface area contributed by atoms with Crippen molar-refractivity contribution in [2.75, 3.05) is 20.2 Å². The first-order chi connectivity index (χ1) is 14.1. The highest BCUT2D eigenvalue weighted by atomic mass is 127. The number of ether oxygens (including phenoxy) is 1. The van der Waals surface area contributed by atoms with Crippen molar-refractivity contribution in [1.82, 2.24) is 20.4 Å². The van der Waals surface area contributed by atoms with Crippen molar-refractivity contribution in [3.63, 3.8) is 0 Å². The van der Waals surface area contributed by atoms with Crippen molar-refractivity contribution >= 4 is 29.9 Å². The minimum absolute atomic E-state index is 0. The van der Waals surface area contributed by atoms with E-state index in [9.17, 15) is 4.39 Å². The maximum absolute atomic E-state index is 13.1. The largest absolute Gasteiger partial charge is 0.378 e. The monoisotopic (exact) mass is 527 g/mol. The Balaban J connectivity index is 0.00000256. The zero-order valence-electron chi connectivity index (χ0n) is 17.6. The van der Waals surface area contributed by atoms with Gasteiger partial charge in [-0.05, 0) is 56.5 Å². The van der Waals surface area contributed by atoms with E-state index < -0.39 is 0 Å². The van der Waals surface area contributed by atoms with Crippen LogP contribution >= 0.6 is 24.0 Å². The molecule has 2 aromatic rings. The summed E-state index contributed by atoms with van der Waals surface area (Å²) in [6.07, 6.45) is 7.92. The molecule has 8 heteroatoms. The second-order valence-corrected chi connectivity index (χ2v) is 7.94. The lowest BCUT2D eigenvalue weighted by Gasteiger charge is -2.61. The average molecular weight is 527 g/mol. The molecule has 1 heterocycles. The Labute approximate surface area is 194 Å². The van der Waals surface area contributed by atoms with Gasteiger partial charge in [-0.15, -0.1) is 24.0 Å². The van der Waals surface area contributed by atoms with E-state index in [0.717, 1.165) is 43.3 Å². The molecular formula is C22H31FIN5O. The fraction of sp³-hybridized carbons (Fsp3) is 0.545. The third-order valence-electron chi connectivity index (χ3n) is 6.38. The highest BCUT2D eigenvalue weighted by Gasteiger charge is 2.59. The summed E-state index contributed by atoms with van der Waals surface area (Å²) in [7, 11) is 1.81. The number of rotatable bonds is 7. The lowest BCUT2D eigenvalue weighted by atomic mass is 9.51. The minimum Gasteiger partial charge on any atom is -0.378 e. The van der Waals surface area contributed by atoms with Crippen LogP contribution in [0.15, 0.2) is 41.5 Å². The second-order valence-electron chi connectivity index (χ2n) is 7.94. The van der Waals surface area contributed by atoms with Crippen LogP contribution in [0.5, 0.6) is 0 Å². The van der Waals surface area contributed by atoms with Gasteiger partial charge in [0.15, 0.2) is 5.96 Å². The van der Waals surface area contributed by atoms with Crippen molar-refractivity contribution < 1.29 is 9.13 Å². The normalized spacial score (nSPS) is 22.0. The third kappa shape index (κ3) is 4.64. The molecule has 1 aromatic carbocycles. The average Bonchev–Trinajstić information content (AvgIpc) is 3.14. The van der Waals surface area contributed by atoms with E-state index in [1.807, 2.05) is 19.3 Å². The summed E-state index contributed by atoms with van der Waals surface area (Å²) in [6, 6.07) is 8.76. The smallest absolute Gasteiger partial charge is 0.191 e. The van der Waals surface area contributed by atoms with Gasteiger partial charge >= 0.3 is 0 Å². The van der Waals surface area contributed by atoms with Crippen LogP contribution in [0.4, 0.5) is 4.39 Å². The summed E-state index contributed by atoms with van der Waals surface area (Å²) in [4.78, 5) is 4.39. The van der Waals surface area contributed by atoms with E-state index in [2.05, 4.69) is 27.6 Å². The van der Waals surface area contributed by atoms with Crippen LogP contribution in [0.3, 0.4) is 0 Å². The van der Waals surface area contributed by atoms with Crippen LogP contribution in [-0.2, 0) is 11.2 Å². The van der Waals surface area contributed by atoms with Gasteiger partial charge in [-0.1, -0.05) is 6.42 Å². The fourth-order valence-corrected chi connectivity index (χ4v) is 4.54. The lowest BCUT2D eigenvalue weighted by molar-refractivity contribution is -0.168. The van der Waals surface area contributed by atoms with Crippen molar-refractivity contribution in [3.05, 3.63) is 48.0 Å². The molecule has 0 radical (unpaired) electrons. The van der Waals surface area contributed by atoms with E-state index in [-0.39, 0.29) is 29.8 Å². The predicted octanol–water partition coefficient (Wildman–Crippen LogP) is 3.68. The number of halogens is 2. The molecule has 4 rings (SSSR count). The molecule has 2 aliphatic rings. The van der Waals surface area contributed by atoms with Crippen LogP contribution in [0, 0.1) is 11.2 Å². The van der Waals surface area contributed by atoms with Crippen LogP contribution in [0.1, 0.15) is 38.3 Å². The first-order valence-electron chi connectivity index (χ1n) is 10.5. The summed E-state index contributed by atoms with van der Waals surface area (Å²) < 4.78 is 20.8. The Kier molecular flexibility index (Phi) is 7.73. The standard InChI is InChI=1S/C22H30FN5O.HI/c1-3-29-20-15-19(22(20)11-4-12-22)26-21(24-2)25-13-9-17-10-14-28(27-17)18-7-5-16(23)6-8-18;/h5-8,10,14,19-20H,3-4,9,11-13,15H2,1-2H3,(H2,24,25,26);1H. The number of aromatic nitrogens is 2. The Morgan fingerprint density at radius 1 is 1.30 bits per heavy atom. The van der Waals surface area contributed by atoms with Crippen molar-refractivity contribution in [3.8, 4) is 5.69 Å². The third-order valence-corrected chi connectivity index (χ3v) is 6.38. The summed E-state index contributed by atoms with van der Waals surface area (Å²) in [6.45, 7) is 3.61. The van der Waals surface area contributed by atoms with Gasteiger partial charge in [0.25, 0.3) is 0 Å². The number of guanidine groups is 1. The summed E-state index contributed by atoms with van der Waals surface area (Å²) in [5.74, 6) is 0.598. The molecule has 2 atom stereocenters. The Hall–Kier alpha value is -1.68.